The van der Waals surface area contributed by atoms with Gasteiger partial charge in [-0.2, -0.15) is 0 Å². The molecule has 0 aliphatic carbocycles. The molecule has 1 aromatic heterocycles. The Hall–Kier alpha value is -2.81. The van der Waals surface area contributed by atoms with Crippen molar-refractivity contribution >= 4 is 28.9 Å². The molecular weight excluding hydrogens is 358 g/mol. The van der Waals surface area contributed by atoms with Gasteiger partial charge in [-0.15, -0.1) is 11.3 Å². The largest absolute Gasteiger partial charge is 0.481 e. The van der Waals surface area contributed by atoms with Gasteiger partial charge < -0.3 is 10.4 Å². The third-order valence-electron chi connectivity index (χ3n) is 3.66. The number of non-ortho nitro benzene ring substituents is 1. The smallest absolute Gasteiger partial charge is 0.303 e. The predicted molar refractivity (Wildman–Crippen MR) is 97.3 cm³/mol. The van der Waals surface area contributed by atoms with Crippen LogP contribution in [0.2, 0.25) is 0 Å². The van der Waals surface area contributed by atoms with Gasteiger partial charge in [-0.25, -0.2) is 4.98 Å². The average molecular weight is 377 g/mol. The van der Waals surface area contributed by atoms with Gasteiger partial charge in [0.1, 0.15) is 10.7 Å². The first-order chi connectivity index (χ1) is 12.5. The minimum Gasteiger partial charge on any atom is -0.481 e. The Kier molecular flexibility index (Phi) is 7.22. The molecule has 0 saturated carbocycles. The minimum atomic E-state index is -0.786. The molecule has 0 aliphatic heterocycles. The van der Waals surface area contributed by atoms with Crippen molar-refractivity contribution in [3.8, 4) is 10.6 Å². The van der Waals surface area contributed by atoms with Gasteiger partial charge in [-0.05, 0) is 25.0 Å². The third kappa shape index (κ3) is 5.92. The van der Waals surface area contributed by atoms with Gasteiger partial charge in [0.2, 0.25) is 0 Å². The van der Waals surface area contributed by atoms with Crippen molar-refractivity contribution in [2.75, 3.05) is 6.54 Å². The highest BCUT2D eigenvalue weighted by Gasteiger charge is 2.12. The van der Waals surface area contributed by atoms with Crippen LogP contribution in [0.25, 0.3) is 10.6 Å². The second-order valence-electron chi connectivity index (χ2n) is 5.66. The molecule has 2 N–H and O–H groups in total. The number of carboxylic acid groups (broad SMARTS) is 1. The fraction of sp³-hybridized carbons (Fsp3) is 0.353. The Morgan fingerprint density at radius 2 is 1.85 bits per heavy atom. The maximum Gasteiger partial charge on any atom is 0.303 e. The van der Waals surface area contributed by atoms with Gasteiger partial charge in [-0.1, -0.05) is 12.8 Å². The maximum atomic E-state index is 12.1. The first-order valence-electron chi connectivity index (χ1n) is 8.17. The number of carbonyl (C=O) groups is 2. The molecule has 2 aromatic rings. The molecule has 138 valence electrons. The number of unbranched alkanes of at least 4 members (excludes halogenated alkanes) is 3. The van der Waals surface area contributed by atoms with Crippen LogP contribution in [-0.4, -0.2) is 33.4 Å². The van der Waals surface area contributed by atoms with Gasteiger partial charge in [0.15, 0.2) is 0 Å². The quantitative estimate of drug-likeness (QED) is 0.371. The number of thiazole rings is 1. The number of carbonyl (C=O) groups excluding carboxylic acids is 1. The number of nitrogens with one attached hydrogen (secondary N) is 1. The molecule has 0 radical (unpaired) electrons. The monoisotopic (exact) mass is 377 g/mol. The molecule has 26 heavy (non-hydrogen) atoms. The maximum absolute atomic E-state index is 12.1. The van der Waals surface area contributed by atoms with Crippen molar-refractivity contribution in [1.29, 1.82) is 0 Å². The van der Waals surface area contributed by atoms with E-state index in [0.717, 1.165) is 24.8 Å². The van der Waals surface area contributed by atoms with Crippen LogP contribution in [0, 0.1) is 10.1 Å². The van der Waals surface area contributed by atoms with E-state index in [1.165, 1.54) is 23.5 Å². The minimum absolute atomic E-state index is 0.00614. The zero-order valence-electron chi connectivity index (χ0n) is 14.0. The Labute approximate surface area is 154 Å². The first kappa shape index (κ1) is 19.5. The topological polar surface area (TPSA) is 122 Å². The summed E-state index contributed by atoms with van der Waals surface area (Å²) >= 11 is 1.30. The highest BCUT2D eigenvalue weighted by Crippen LogP contribution is 2.25. The highest BCUT2D eigenvalue weighted by atomic mass is 32.1. The molecule has 0 fully saturated rings. The zero-order chi connectivity index (χ0) is 18.9. The second kappa shape index (κ2) is 9.62. The number of carboxylic acids is 1. The fourth-order valence-electron chi connectivity index (χ4n) is 2.28. The molecule has 0 aliphatic rings. The van der Waals surface area contributed by atoms with E-state index < -0.39 is 10.9 Å². The van der Waals surface area contributed by atoms with E-state index in [-0.39, 0.29) is 18.0 Å². The molecule has 9 heteroatoms. The van der Waals surface area contributed by atoms with Crippen molar-refractivity contribution < 1.29 is 19.6 Å². The summed E-state index contributed by atoms with van der Waals surface area (Å²) in [6.07, 6.45) is 3.29. The number of nitro benzene ring substituents is 1. The molecule has 2 rings (SSSR count). The lowest BCUT2D eigenvalue weighted by Gasteiger charge is -2.03. The van der Waals surface area contributed by atoms with Crippen molar-refractivity contribution in [1.82, 2.24) is 10.3 Å². The summed E-state index contributed by atoms with van der Waals surface area (Å²) in [6.45, 7) is 0.510. The molecule has 0 atom stereocenters. The van der Waals surface area contributed by atoms with Gasteiger partial charge >= 0.3 is 5.97 Å². The van der Waals surface area contributed by atoms with E-state index in [1.807, 2.05) is 0 Å². The van der Waals surface area contributed by atoms with Crippen LogP contribution >= 0.6 is 11.3 Å². The number of nitro groups is 1. The standard InChI is InChI=1S/C17H19N3O5S/c21-15(22)5-3-1-2-4-10-18-16(23)14-11-26-17(19-14)12-6-8-13(9-7-12)20(24)25/h6-9,11H,1-5,10H2,(H,18,23)(H,21,22). The molecule has 0 spiro atoms. The molecule has 0 bridgehead atoms. The van der Waals surface area contributed by atoms with Crippen LogP contribution in [0.15, 0.2) is 29.6 Å². The summed E-state index contributed by atoms with van der Waals surface area (Å²) in [4.78, 5) is 36.9. The van der Waals surface area contributed by atoms with Crippen molar-refractivity contribution in [2.24, 2.45) is 0 Å². The highest BCUT2D eigenvalue weighted by molar-refractivity contribution is 7.13. The van der Waals surface area contributed by atoms with Gasteiger partial charge in [0.05, 0.1) is 4.92 Å². The lowest BCUT2D eigenvalue weighted by atomic mass is 10.1. The number of hydrogen-bond donors (Lipinski definition) is 2. The third-order valence-corrected chi connectivity index (χ3v) is 4.56. The summed E-state index contributed by atoms with van der Waals surface area (Å²) in [5, 5.41) is 24.3. The Balaban J connectivity index is 1.78. The van der Waals surface area contributed by atoms with Crippen molar-refractivity contribution in [3.63, 3.8) is 0 Å². The number of benzene rings is 1. The van der Waals surface area contributed by atoms with Gasteiger partial charge in [-0.3, -0.25) is 19.7 Å². The van der Waals surface area contributed by atoms with Crippen LogP contribution in [0.4, 0.5) is 5.69 Å². The number of aliphatic carboxylic acids is 1. The SMILES string of the molecule is O=C(O)CCCCCCNC(=O)c1csc(-c2ccc([N+](=O)[O-])cc2)n1. The first-order valence-corrected chi connectivity index (χ1v) is 9.05. The van der Waals surface area contributed by atoms with E-state index in [9.17, 15) is 19.7 Å². The molecular formula is C17H19N3O5S. The van der Waals surface area contributed by atoms with Crippen LogP contribution in [0.5, 0.6) is 0 Å². The number of rotatable bonds is 10. The average Bonchev–Trinajstić information content (AvgIpc) is 3.10. The molecule has 1 heterocycles. The summed E-state index contributed by atoms with van der Waals surface area (Å²) in [5.41, 5.74) is 1.04. The lowest BCUT2D eigenvalue weighted by Crippen LogP contribution is -2.24. The lowest BCUT2D eigenvalue weighted by molar-refractivity contribution is -0.384. The summed E-state index contributed by atoms with van der Waals surface area (Å²) in [7, 11) is 0. The Morgan fingerprint density at radius 3 is 2.50 bits per heavy atom. The molecule has 1 aromatic carbocycles. The number of nitrogens with zero attached hydrogens (tertiary/aromatic N) is 2. The van der Waals surface area contributed by atoms with Crippen LogP contribution in [-0.2, 0) is 4.79 Å². The van der Waals surface area contributed by atoms with Gasteiger partial charge in [0, 0.05) is 36.0 Å². The molecule has 0 saturated heterocycles. The van der Waals surface area contributed by atoms with Crippen LogP contribution in [0.3, 0.4) is 0 Å². The summed E-state index contributed by atoms with van der Waals surface area (Å²) < 4.78 is 0. The Bertz CT molecular complexity index is 773. The molecule has 1 amide bonds. The van der Waals surface area contributed by atoms with Crippen LogP contribution in [0.1, 0.15) is 42.6 Å². The van der Waals surface area contributed by atoms with Crippen molar-refractivity contribution in [3.05, 3.63) is 45.5 Å². The van der Waals surface area contributed by atoms with Crippen LogP contribution < -0.4 is 5.32 Å². The Morgan fingerprint density at radius 1 is 1.15 bits per heavy atom. The number of aromatic nitrogens is 1. The van der Waals surface area contributed by atoms with E-state index in [1.54, 1.807) is 17.5 Å². The normalized spacial score (nSPS) is 10.5. The summed E-state index contributed by atoms with van der Waals surface area (Å²) in [5.74, 6) is -1.05. The van der Waals surface area contributed by atoms with E-state index >= 15 is 0 Å². The van der Waals surface area contributed by atoms with E-state index in [2.05, 4.69) is 10.3 Å². The van der Waals surface area contributed by atoms with Gasteiger partial charge in [0.25, 0.3) is 11.6 Å². The second-order valence-corrected chi connectivity index (χ2v) is 6.51. The molecule has 8 nitrogen and oxygen atoms in total. The van der Waals surface area contributed by atoms with E-state index in [4.69, 9.17) is 5.11 Å². The number of hydrogen-bond acceptors (Lipinski definition) is 6. The fourth-order valence-corrected chi connectivity index (χ4v) is 3.09. The summed E-state index contributed by atoms with van der Waals surface area (Å²) in [6, 6.07) is 6.02. The zero-order valence-corrected chi connectivity index (χ0v) is 14.8. The predicted octanol–water partition coefficient (Wildman–Crippen LogP) is 3.48. The van der Waals surface area contributed by atoms with Crippen molar-refractivity contribution in [2.45, 2.75) is 32.1 Å². The molecule has 0 unspecified atom stereocenters. The number of amides is 1. The van der Waals surface area contributed by atoms with E-state index in [0.29, 0.717) is 23.7 Å².